The Labute approximate surface area is 205 Å². The molecule has 36 heavy (non-hydrogen) atoms. The first-order valence-electron chi connectivity index (χ1n) is 11.8. The summed E-state index contributed by atoms with van der Waals surface area (Å²) in [5, 5.41) is 5.57. The Morgan fingerprint density at radius 2 is 1.06 bits per heavy atom. The second kappa shape index (κ2) is 7.20. The number of hydrogen-bond acceptors (Lipinski definition) is 4. The van der Waals surface area contributed by atoms with Crippen molar-refractivity contribution >= 4 is 54.5 Å². The fraction of sp³-hybridized carbons (Fsp3) is 0. The Morgan fingerprint density at radius 3 is 1.81 bits per heavy atom. The molecule has 0 bridgehead atoms. The van der Waals surface area contributed by atoms with Gasteiger partial charge in [-0.25, -0.2) is 19.9 Å². The minimum Gasteiger partial charge on any atom is -0.307 e. The Balaban J connectivity index is 1.79. The minimum absolute atomic E-state index is 0.906. The van der Waals surface area contributed by atoms with Crippen molar-refractivity contribution in [1.82, 2.24) is 29.1 Å². The van der Waals surface area contributed by atoms with Crippen LogP contribution in [0, 0.1) is 0 Å². The highest BCUT2D eigenvalue weighted by atomic mass is 15.1. The van der Waals surface area contributed by atoms with Crippen molar-refractivity contribution in [2.75, 3.05) is 0 Å². The van der Waals surface area contributed by atoms with Gasteiger partial charge in [0.2, 0.25) is 0 Å². The lowest BCUT2D eigenvalue weighted by Gasteiger charge is -2.13. The van der Waals surface area contributed by atoms with Crippen LogP contribution in [0.3, 0.4) is 0 Å². The fourth-order valence-electron chi connectivity index (χ4n) is 5.67. The molecule has 4 aromatic heterocycles. The first kappa shape index (κ1) is 19.2. The van der Waals surface area contributed by atoms with Gasteiger partial charge >= 0.3 is 0 Å². The maximum absolute atomic E-state index is 4.84. The molecule has 0 radical (unpaired) electrons. The van der Waals surface area contributed by atoms with Crippen LogP contribution in [-0.2, 0) is 0 Å². The summed E-state index contributed by atoms with van der Waals surface area (Å²) in [5.41, 5.74) is 7.35. The SMILES string of the molecule is c1ccc(-n2c3ccccc3c3c4cncnc4c4c5ccccc5n(-c5cncnc5)c4c32)cc1. The van der Waals surface area contributed by atoms with Gasteiger partial charge < -0.3 is 9.13 Å². The first-order chi connectivity index (χ1) is 17.9. The molecule has 8 aromatic rings. The molecule has 4 heterocycles. The molecule has 0 atom stereocenters. The molecule has 0 spiro atoms. The van der Waals surface area contributed by atoms with E-state index in [1.807, 2.05) is 18.6 Å². The van der Waals surface area contributed by atoms with Crippen LogP contribution in [0.5, 0.6) is 0 Å². The number of aromatic nitrogens is 6. The number of benzene rings is 4. The van der Waals surface area contributed by atoms with Gasteiger partial charge in [-0.15, -0.1) is 0 Å². The van der Waals surface area contributed by atoms with Gasteiger partial charge in [0.15, 0.2) is 0 Å². The summed E-state index contributed by atoms with van der Waals surface area (Å²) in [6.07, 6.45) is 8.89. The van der Waals surface area contributed by atoms with Crippen molar-refractivity contribution in [1.29, 1.82) is 0 Å². The molecule has 8 rings (SSSR count). The van der Waals surface area contributed by atoms with Crippen molar-refractivity contribution in [2.24, 2.45) is 0 Å². The molecule has 0 aliphatic carbocycles. The lowest BCUT2D eigenvalue weighted by atomic mass is 10.0. The third-order valence-corrected chi connectivity index (χ3v) is 7.01. The van der Waals surface area contributed by atoms with E-state index in [0.29, 0.717) is 0 Å². The highest BCUT2D eigenvalue weighted by Gasteiger charge is 2.25. The number of nitrogens with zero attached hydrogens (tertiary/aromatic N) is 6. The van der Waals surface area contributed by atoms with E-state index in [4.69, 9.17) is 4.98 Å². The zero-order valence-electron chi connectivity index (χ0n) is 19.1. The zero-order valence-corrected chi connectivity index (χ0v) is 19.1. The zero-order chi connectivity index (χ0) is 23.6. The Kier molecular flexibility index (Phi) is 3.85. The van der Waals surface area contributed by atoms with Crippen molar-refractivity contribution in [2.45, 2.75) is 0 Å². The van der Waals surface area contributed by atoms with Gasteiger partial charge in [0, 0.05) is 38.8 Å². The summed E-state index contributed by atoms with van der Waals surface area (Å²) in [7, 11) is 0. The standard InChI is InChI=1S/C30H18N6/c1-2-8-19(9-3-1)35-24-12-6-4-10-21(24)26-23-16-33-18-34-28(23)27-22-11-5-7-13-25(22)36(30(27)29(26)35)20-14-31-17-32-15-20/h1-18H. The van der Waals surface area contributed by atoms with E-state index < -0.39 is 0 Å². The van der Waals surface area contributed by atoms with Gasteiger partial charge in [-0.1, -0.05) is 54.6 Å². The molecular formula is C30H18N6. The molecule has 168 valence electrons. The molecule has 0 unspecified atom stereocenters. The molecule has 0 N–H and O–H groups in total. The fourth-order valence-corrected chi connectivity index (χ4v) is 5.67. The molecule has 6 heteroatoms. The highest BCUT2D eigenvalue weighted by molar-refractivity contribution is 6.35. The smallest absolute Gasteiger partial charge is 0.116 e. The summed E-state index contributed by atoms with van der Waals surface area (Å²) in [6.45, 7) is 0. The van der Waals surface area contributed by atoms with E-state index in [2.05, 4.69) is 103 Å². The van der Waals surface area contributed by atoms with Crippen molar-refractivity contribution in [3.05, 3.63) is 110 Å². The average Bonchev–Trinajstić information content (AvgIpc) is 3.48. The molecule has 0 aliphatic rings. The molecule has 6 nitrogen and oxygen atoms in total. The molecular weight excluding hydrogens is 444 g/mol. The molecule has 0 saturated heterocycles. The molecule has 0 amide bonds. The number of fused-ring (bicyclic) bond motifs is 10. The van der Waals surface area contributed by atoms with Crippen LogP contribution >= 0.6 is 0 Å². The quantitative estimate of drug-likeness (QED) is 0.290. The summed E-state index contributed by atoms with van der Waals surface area (Å²) in [5.74, 6) is 0. The monoisotopic (exact) mass is 462 g/mol. The summed E-state index contributed by atoms with van der Waals surface area (Å²) in [6, 6.07) is 27.6. The van der Waals surface area contributed by atoms with E-state index >= 15 is 0 Å². The average molecular weight is 463 g/mol. The maximum atomic E-state index is 4.84. The molecule has 0 saturated carbocycles. The molecule has 4 aromatic carbocycles. The van der Waals surface area contributed by atoms with Crippen molar-refractivity contribution in [3.8, 4) is 11.4 Å². The lowest BCUT2D eigenvalue weighted by molar-refractivity contribution is 1.07. The third kappa shape index (κ3) is 2.45. The van der Waals surface area contributed by atoms with E-state index in [0.717, 1.165) is 60.5 Å². The molecule has 0 aliphatic heterocycles. The minimum atomic E-state index is 0.906. The van der Waals surface area contributed by atoms with Crippen LogP contribution < -0.4 is 0 Å². The largest absolute Gasteiger partial charge is 0.307 e. The second-order valence-corrected chi connectivity index (χ2v) is 8.87. The lowest BCUT2D eigenvalue weighted by Crippen LogP contribution is -2.00. The van der Waals surface area contributed by atoms with E-state index in [9.17, 15) is 0 Å². The van der Waals surface area contributed by atoms with Gasteiger partial charge in [-0.2, -0.15) is 0 Å². The Hall–Kier alpha value is -5.10. The number of para-hydroxylation sites is 3. The van der Waals surface area contributed by atoms with Crippen molar-refractivity contribution < 1.29 is 0 Å². The maximum Gasteiger partial charge on any atom is 0.116 e. The number of rotatable bonds is 2. The predicted molar refractivity (Wildman–Crippen MR) is 144 cm³/mol. The predicted octanol–water partition coefficient (Wildman–Crippen LogP) is 6.61. The van der Waals surface area contributed by atoms with Crippen LogP contribution in [0.15, 0.2) is 110 Å². The van der Waals surface area contributed by atoms with E-state index in [-0.39, 0.29) is 0 Å². The second-order valence-electron chi connectivity index (χ2n) is 8.87. The molecule has 0 fully saturated rings. The summed E-state index contributed by atoms with van der Waals surface area (Å²) < 4.78 is 4.63. The number of hydrogen-bond donors (Lipinski definition) is 0. The first-order valence-corrected chi connectivity index (χ1v) is 11.8. The topological polar surface area (TPSA) is 61.4 Å². The Bertz CT molecular complexity index is 1940. The normalized spacial score (nSPS) is 11.9. The van der Waals surface area contributed by atoms with Crippen LogP contribution in [0.2, 0.25) is 0 Å². The van der Waals surface area contributed by atoms with Gasteiger partial charge in [-0.05, 0) is 24.3 Å². The van der Waals surface area contributed by atoms with Crippen LogP contribution in [-0.4, -0.2) is 29.1 Å². The van der Waals surface area contributed by atoms with Gasteiger partial charge in [0.05, 0.1) is 45.7 Å². The van der Waals surface area contributed by atoms with Crippen molar-refractivity contribution in [3.63, 3.8) is 0 Å². The Morgan fingerprint density at radius 1 is 0.472 bits per heavy atom. The van der Waals surface area contributed by atoms with Gasteiger partial charge in [0.1, 0.15) is 12.7 Å². The summed E-state index contributed by atoms with van der Waals surface area (Å²) in [4.78, 5) is 18.0. The van der Waals surface area contributed by atoms with E-state index in [1.165, 1.54) is 5.39 Å². The highest BCUT2D eigenvalue weighted by Crippen LogP contribution is 2.45. The van der Waals surface area contributed by atoms with Crippen LogP contribution in [0.4, 0.5) is 0 Å². The van der Waals surface area contributed by atoms with Gasteiger partial charge in [0.25, 0.3) is 0 Å². The van der Waals surface area contributed by atoms with Gasteiger partial charge in [-0.3, -0.25) is 0 Å². The van der Waals surface area contributed by atoms with E-state index in [1.54, 1.807) is 12.7 Å². The van der Waals surface area contributed by atoms with Crippen LogP contribution in [0.1, 0.15) is 0 Å². The van der Waals surface area contributed by atoms with Crippen LogP contribution in [0.25, 0.3) is 65.9 Å². The summed E-state index contributed by atoms with van der Waals surface area (Å²) >= 11 is 0. The third-order valence-electron chi connectivity index (χ3n) is 7.01.